The first-order chi connectivity index (χ1) is 12.1. The molecule has 2 atom stereocenters. The Hall–Kier alpha value is -2.48. The Morgan fingerprint density at radius 3 is 2.68 bits per heavy atom. The third kappa shape index (κ3) is 3.09. The van der Waals surface area contributed by atoms with Crippen LogP contribution in [0.4, 0.5) is 0 Å². The van der Waals surface area contributed by atoms with E-state index in [0.717, 1.165) is 48.3 Å². The van der Waals surface area contributed by atoms with Crippen LogP contribution in [0.1, 0.15) is 42.4 Å². The minimum Gasteiger partial charge on any atom is -0.507 e. The molecule has 0 aromatic heterocycles. The molecule has 1 aliphatic heterocycles. The second-order valence-corrected chi connectivity index (χ2v) is 7.26. The molecule has 1 aliphatic carbocycles. The minimum absolute atomic E-state index is 0.188. The fourth-order valence-electron chi connectivity index (χ4n) is 4.10. The molecule has 0 radical (unpaired) electrons. The number of fused-ring (bicyclic) bond motifs is 3. The Bertz CT molecular complexity index is 833. The standard InChI is InChI=1S/C23H24O2/c1-15-8-11-19-16(2)25-22-14-18(10-9-17-6-4-3-5-7-17)13-21(24)23(22)20(19)12-15/h3-7,12-14,19-20,24H,2,8-11H2,1H3. The van der Waals surface area contributed by atoms with E-state index in [2.05, 4.69) is 49.9 Å². The SMILES string of the molecule is C=C1Oc2cc(CCc3ccccc3)cc(O)c2C2C=C(C)CCC12. The molecule has 128 valence electrons. The molecule has 0 bridgehead atoms. The smallest absolute Gasteiger partial charge is 0.134 e. The molecule has 2 unspecified atom stereocenters. The van der Waals surface area contributed by atoms with Gasteiger partial charge in [-0.05, 0) is 55.9 Å². The van der Waals surface area contributed by atoms with Crippen molar-refractivity contribution in [3.63, 3.8) is 0 Å². The van der Waals surface area contributed by atoms with Crippen molar-refractivity contribution < 1.29 is 9.84 Å². The van der Waals surface area contributed by atoms with Gasteiger partial charge in [-0.25, -0.2) is 0 Å². The van der Waals surface area contributed by atoms with Crippen molar-refractivity contribution in [2.24, 2.45) is 5.92 Å². The predicted molar refractivity (Wildman–Crippen MR) is 101 cm³/mol. The van der Waals surface area contributed by atoms with Crippen LogP contribution in [-0.4, -0.2) is 5.11 Å². The quantitative estimate of drug-likeness (QED) is 0.750. The van der Waals surface area contributed by atoms with E-state index in [4.69, 9.17) is 4.74 Å². The van der Waals surface area contributed by atoms with E-state index in [1.54, 1.807) is 0 Å². The molecule has 2 aromatic rings. The highest BCUT2D eigenvalue weighted by Crippen LogP contribution is 2.51. The van der Waals surface area contributed by atoms with E-state index in [-0.39, 0.29) is 11.8 Å². The topological polar surface area (TPSA) is 29.5 Å². The maximum absolute atomic E-state index is 10.7. The van der Waals surface area contributed by atoms with Crippen LogP contribution in [0.5, 0.6) is 11.5 Å². The van der Waals surface area contributed by atoms with Gasteiger partial charge in [0, 0.05) is 17.4 Å². The number of phenolic OH excluding ortho intramolecular Hbond substituents is 1. The second-order valence-electron chi connectivity index (χ2n) is 7.26. The molecule has 25 heavy (non-hydrogen) atoms. The second kappa shape index (κ2) is 6.44. The number of benzene rings is 2. The molecular formula is C23H24O2. The zero-order chi connectivity index (χ0) is 17.4. The number of hydrogen-bond donors (Lipinski definition) is 1. The van der Waals surface area contributed by atoms with Crippen LogP contribution in [0, 0.1) is 5.92 Å². The largest absolute Gasteiger partial charge is 0.507 e. The number of phenols is 1. The molecule has 1 heterocycles. The molecule has 0 fully saturated rings. The number of aromatic hydroxyl groups is 1. The Morgan fingerprint density at radius 2 is 1.88 bits per heavy atom. The summed E-state index contributed by atoms with van der Waals surface area (Å²) in [5.74, 6) is 2.43. The Balaban J connectivity index is 1.64. The zero-order valence-corrected chi connectivity index (χ0v) is 14.7. The Kier molecular flexibility index (Phi) is 4.12. The number of aryl methyl sites for hydroxylation is 2. The normalized spacial score (nSPS) is 21.8. The lowest BCUT2D eigenvalue weighted by molar-refractivity contribution is 0.275. The first-order valence-electron chi connectivity index (χ1n) is 9.05. The summed E-state index contributed by atoms with van der Waals surface area (Å²) in [7, 11) is 0. The van der Waals surface area contributed by atoms with Gasteiger partial charge in [0.2, 0.25) is 0 Å². The van der Waals surface area contributed by atoms with E-state index in [0.29, 0.717) is 5.75 Å². The van der Waals surface area contributed by atoms with Crippen molar-refractivity contribution in [1.29, 1.82) is 0 Å². The average molecular weight is 332 g/mol. The summed E-state index contributed by atoms with van der Waals surface area (Å²) in [5, 5.41) is 10.7. The fourth-order valence-corrected chi connectivity index (χ4v) is 4.10. The maximum Gasteiger partial charge on any atom is 0.134 e. The molecule has 0 spiro atoms. The highest BCUT2D eigenvalue weighted by molar-refractivity contribution is 5.55. The van der Waals surface area contributed by atoms with Gasteiger partial charge in [0.25, 0.3) is 0 Å². The molecule has 0 saturated carbocycles. The molecular weight excluding hydrogens is 308 g/mol. The number of ether oxygens (including phenoxy) is 1. The van der Waals surface area contributed by atoms with E-state index >= 15 is 0 Å². The van der Waals surface area contributed by atoms with Crippen molar-refractivity contribution in [3.05, 3.63) is 83.1 Å². The summed E-state index contributed by atoms with van der Waals surface area (Å²) in [4.78, 5) is 0. The first kappa shape index (κ1) is 16.0. The Labute approximate surface area is 149 Å². The van der Waals surface area contributed by atoms with E-state index in [1.807, 2.05) is 12.1 Å². The number of allylic oxidation sites excluding steroid dienone is 3. The Morgan fingerprint density at radius 1 is 1.12 bits per heavy atom. The monoisotopic (exact) mass is 332 g/mol. The van der Waals surface area contributed by atoms with Gasteiger partial charge < -0.3 is 9.84 Å². The van der Waals surface area contributed by atoms with Crippen molar-refractivity contribution in [1.82, 2.24) is 0 Å². The summed E-state index contributed by atoms with van der Waals surface area (Å²) in [6, 6.07) is 14.4. The predicted octanol–water partition coefficient (Wildman–Crippen LogP) is 5.52. The van der Waals surface area contributed by atoms with Gasteiger partial charge in [-0.2, -0.15) is 0 Å². The van der Waals surface area contributed by atoms with Crippen LogP contribution in [-0.2, 0) is 12.8 Å². The summed E-state index contributed by atoms with van der Waals surface area (Å²) in [6.07, 6.45) is 6.23. The fraction of sp³-hybridized carbons (Fsp3) is 0.304. The van der Waals surface area contributed by atoms with Gasteiger partial charge in [0.1, 0.15) is 17.3 Å². The molecule has 2 aliphatic rings. The van der Waals surface area contributed by atoms with E-state index in [1.165, 1.54) is 11.1 Å². The van der Waals surface area contributed by atoms with Crippen molar-refractivity contribution >= 4 is 0 Å². The van der Waals surface area contributed by atoms with Crippen LogP contribution >= 0.6 is 0 Å². The van der Waals surface area contributed by atoms with Crippen LogP contribution < -0.4 is 4.74 Å². The summed E-state index contributed by atoms with van der Waals surface area (Å²) in [6.45, 7) is 6.31. The van der Waals surface area contributed by atoms with Crippen molar-refractivity contribution in [2.45, 2.75) is 38.5 Å². The van der Waals surface area contributed by atoms with Crippen LogP contribution in [0.15, 0.2) is 66.5 Å². The highest BCUT2D eigenvalue weighted by atomic mass is 16.5. The lowest BCUT2D eigenvalue weighted by Gasteiger charge is -2.37. The van der Waals surface area contributed by atoms with Crippen molar-refractivity contribution in [3.8, 4) is 11.5 Å². The van der Waals surface area contributed by atoms with E-state index in [9.17, 15) is 5.11 Å². The van der Waals surface area contributed by atoms with Crippen LogP contribution in [0.2, 0.25) is 0 Å². The third-order valence-corrected chi connectivity index (χ3v) is 5.46. The van der Waals surface area contributed by atoms with Crippen LogP contribution in [0.25, 0.3) is 0 Å². The zero-order valence-electron chi connectivity index (χ0n) is 14.7. The van der Waals surface area contributed by atoms with Crippen LogP contribution in [0.3, 0.4) is 0 Å². The highest BCUT2D eigenvalue weighted by Gasteiger charge is 2.36. The lowest BCUT2D eigenvalue weighted by atomic mass is 9.74. The summed E-state index contributed by atoms with van der Waals surface area (Å²) < 4.78 is 6.03. The summed E-state index contributed by atoms with van der Waals surface area (Å²) >= 11 is 0. The maximum atomic E-state index is 10.7. The molecule has 0 amide bonds. The molecule has 2 aromatic carbocycles. The molecule has 4 rings (SSSR count). The minimum atomic E-state index is 0.188. The lowest BCUT2D eigenvalue weighted by Crippen LogP contribution is -2.25. The molecule has 2 heteroatoms. The van der Waals surface area contributed by atoms with Gasteiger partial charge in [-0.3, -0.25) is 0 Å². The molecule has 2 nitrogen and oxygen atoms in total. The average Bonchev–Trinajstić information content (AvgIpc) is 2.60. The van der Waals surface area contributed by atoms with Gasteiger partial charge >= 0.3 is 0 Å². The first-order valence-corrected chi connectivity index (χ1v) is 9.05. The van der Waals surface area contributed by atoms with Gasteiger partial charge in [0.15, 0.2) is 0 Å². The number of rotatable bonds is 3. The molecule has 1 N–H and O–H groups in total. The summed E-state index contributed by atoms with van der Waals surface area (Å²) in [5.41, 5.74) is 4.72. The third-order valence-electron chi connectivity index (χ3n) is 5.46. The number of hydrogen-bond acceptors (Lipinski definition) is 2. The molecule has 0 saturated heterocycles. The van der Waals surface area contributed by atoms with Crippen molar-refractivity contribution in [2.75, 3.05) is 0 Å². The van der Waals surface area contributed by atoms with Gasteiger partial charge in [-0.1, -0.05) is 48.6 Å². The van der Waals surface area contributed by atoms with Gasteiger partial charge in [-0.15, -0.1) is 0 Å². The van der Waals surface area contributed by atoms with E-state index < -0.39 is 0 Å². The van der Waals surface area contributed by atoms with Gasteiger partial charge in [0.05, 0.1) is 0 Å².